The Morgan fingerprint density at radius 1 is 1.31 bits per heavy atom. The van der Waals surface area contributed by atoms with Gasteiger partial charge in [0.25, 0.3) is 0 Å². The first-order valence-electron chi connectivity index (χ1n) is 4.97. The molecule has 2 aromatic rings. The van der Waals surface area contributed by atoms with Crippen molar-refractivity contribution in [2.45, 2.75) is 6.92 Å². The average molecular weight is 237 g/mol. The van der Waals surface area contributed by atoms with E-state index in [1.165, 1.54) is 0 Å². The second-order valence-electron chi connectivity index (χ2n) is 3.57. The quantitative estimate of drug-likeness (QED) is 0.871. The molecule has 0 aliphatic rings. The van der Waals surface area contributed by atoms with Crippen LogP contribution in [0.2, 0.25) is 5.02 Å². The largest absolute Gasteiger partial charge is 0.357 e. The van der Waals surface area contributed by atoms with Crippen LogP contribution in [0.15, 0.2) is 18.2 Å². The van der Waals surface area contributed by atoms with Crippen molar-refractivity contribution in [3.63, 3.8) is 0 Å². The van der Waals surface area contributed by atoms with E-state index in [4.69, 9.17) is 11.6 Å². The van der Waals surface area contributed by atoms with Crippen LogP contribution in [0.5, 0.6) is 0 Å². The summed E-state index contributed by atoms with van der Waals surface area (Å²) in [5.74, 6) is 1.54. The molecule has 84 valence electrons. The van der Waals surface area contributed by atoms with Gasteiger partial charge in [-0.3, -0.25) is 4.57 Å². The molecule has 1 aromatic carbocycles. The standard InChI is InChI=1S/C11H13ClN4/c1-7-8(5-4-6-9(7)12)10-14-15-11(13-2)16(10)3/h4-6H,1-3H3,(H,13,15). The van der Waals surface area contributed by atoms with Gasteiger partial charge < -0.3 is 5.32 Å². The summed E-state index contributed by atoms with van der Waals surface area (Å²) in [4.78, 5) is 0. The van der Waals surface area contributed by atoms with Crippen LogP contribution in [-0.2, 0) is 7.05 Å². The highest BCUT2D eigenvalue weighted by Crippen LogP contribution is 2.27. The summed E-state index contributed by atoms with van der Waals surface area (Å²) in [5, 5.41) is 11.9. The summed E-state index contributed by atoms with van der Waals surface area (Å²) in [5.41, 5.74) is 2.02. The molecule has 1 heterocycles. The minimum Gasteiger partial charge on any atom is -0.357 e. The molecule has 0 radical (unpaired) electrons. The van der Waals surface area contributed by atoms with Crippen LogP contribution in [0.25, 0.3) is 11.4 Å². The van der Waals surface area contributed by atoms with E-state index in [9.17, 15) is 0 Å². The third-order valence-corrected chi connectivity index (χ3v) is 3.02. The van der Waals surface area contributed by atoms with Crippen LogP contribution in [0, 0.1) is 6.92 Å². The first-order valence-corrected chi connectivity index (χ1v) is 5.35. The van der Waals surface area contributed by atoms with E-state index in [1.54, 1.807) is 0 Å². The Labute approximate surface area is 99.3 Å². The number of nitrogens with zero attached hydrogens (tertiary/aromatic N) is 3. The number of nitrogens with one attached hydrogen (secondary N) is 1. The minimum atomic E-state index is 0.731. The molecule has 0 amide bonds. The number of hydrogen-bond acceptors (Lipinski definition) is 3. The summed E-state index contributed by atoms with van der Waals surface area (Å²) in [6, 6.07) is 5.78. The van der Waals surface area contributed by atoms with Crippen LogP contribution in [0.4, 0.5) is 5.95 Å². The second kappa shape index (κ2) is 4.14. The Kier molecular flexibility index (Phi) is 2.83. The maximum atomic E-state index is 6.08. The summed E-state index contributed by atoms with van der Waals surface area (Å²) < 4.78 is 1.90. The van der Waals surface area contributed by atoms with Crippen molar-refractivity contribution in [1.82, 2.24) is 14.8 Å². The van der Waals surface area contributed by atoms with E-state index < -0.39 is 0 Å². The lowest BCUT2D eigenvalue weighted by Gasteiger charge is -2.07. The molecule has 0 saturated carbocycles. The fourth-order valence-electron chi connectivity index (χ4n) is 1.63. The summed E-state index contributed by atoms with van der Waals surface area (Å²) in [6.45, 7) is 1.98. The van der Waals surface area contributed by atoms with Gasteiger partial charge >= 0.3 is 0 Å². The van der Waals surface area contributed by atoms with Crippen molar-refractivity contribution >= 4 is 17.5 Å². The molecule has 0 atom stereocenters. The zero-order chi connectivity index (χ0) is 11.7. The Hall–Kier alpha value is -1.55. The predicted molar refractivity (Wildman–Crippen MR) is 65.7 cm³/mol. The molecular weight excluding hydrogens is 224 g/mol. The Morgan fingerprint density at radius 3 is 2.69 bits per heavy atom. The SMILES string of the molecule is CNc1nnc(-c2cccc(Cl)c2C)n1C. The number of aromatic nitrogens is 3. The van der Waals surface area contributed by atoms with Crippen molar-refractivity contribution in [3.05, 3.63) is 28.8 Å². The Bertz CT molecular complexity index is 519. The molecule has 0 aliphatic carbocycles. The summed E-state index contributed by atoms with van der Waals surface area (Å²) in [6.07, 6.45) is 0. The molecule has 0 unspecified atom stereocenters. The van der Waals surface area contributed by atoms with Crippen LogP contribution < -0.4 is 5.32 Å². The van der Waals surface area contributed by atoms with Crippen LogP contribution in [0.1, 0.15) is 5.56 Å². The van der Waals surface area contributed by atoms with Gasteiger partial charge in [0.2, 0.25) is 5.95 Å². The molecule has 0 fully saturated rings. The maximum absolute atomic E-state index is 6.08. The third kappa shape index (κ3) is 1.65. The molecule has 1 aromatic heterocycles. The normalized spacial score (nSPS) is 10.5. The van der Waals surface area contributed by atoms with E-state index >= 15 is 0 Å². The first kappa shape index (κ1) is 11.0. The molecule has 0 spiro atoms. The smallest absolute Gasteiger partial charge is 0.224 e. The third-order valence-electron chi connectivity index (χ3n) is 2.61. The highest BCUT2D eigenvalue weighted by molar-refractivity contribution is 6.31. The number of benzene rings is 1. The highest BCUT2D eigenvalue weighted by Gasteiger charge is 2.12. The zero-order valence-electron chi connectivity index (χ0n) is 9.45. The van der Waals surface area contributed by atoms with E-state index in [1.807, 2.05) is 43.8 Å². The lowest BCUT2D eigenvalue weighted by Crippen LogP contribution is -2.00. The fourth-order valence-corrected chi connectivity index (χ4v) is 1.81. The molecule has 0 aliphatic heterocycles. The molecule has 0 bridgehead atoms. The van der Waals surface area contributed by atoms with Crippen LogP contribution in [0.3, 0.4) is 0 Å². The van der Waals surface area contributed by atoms with Gasteiger partial charge in [-0.15, -0.1) is 10.2 Å². The zero-order valence-corrected chi connectivity index (χ0v) is 10.2. The molecule has 4 nitrogen and oxygen atoms in total. The van der Waals surface area contributed by atoms with Gasteiger partial charge in [-0.25, -0.2) is 0 Å². The van der Waals surface area contributed by atoms with E-state index in [0.717, 1.165) is 27.9 Å². The van der Waals surface area contributed by atoms with Crippen molar-refractivity contribution in [3.8, 4) is 11.4 Å². The highest BCUT2D eigenvalue weighted by atomic mass is 35.5. The van der Waals surface area contributed by atoms with Gasteiger partial charge in [0, 0.05) is 24.7 Å². The predicted octanol–water partition coefficient (Wildman–Crippen LogP) is 2.49. The van der Waals surface area contributed by atoms with E-state index in [2.05, 4.69) is 15.5 Å². The Balaban J connectivity index is 2.59. The minimum absolute atomic E-state index is 0.731. The molecule has 2 rings (SSSR count). The molecule has 5 heteroatoms. The number of rotatable bonds is 2. The van der Waals surface area contributed by atoms with Gasteiger partial charge in [0.1, 0.15) is 0 Å². The van der Waals surface area contributed by atoms with Gasteiger partial charge in [-0.05, 0) is 18.6 Å². The van der Waals surface area contributed by atoms with Gasteiger partial charge in [0.15, 0.2) is 5.82 Å². The van der Waals surface area contributed by atoms with E-state index in [0.29, 0.717) is 0 Å². The van der Waals surface area contributed by atoms with Gasteiger partial charge in [-0.2, -0.15) is 0 Å². The van der Waals surface area contributed by atoms with Gasteiger partial charge in [-0.1, -0.05) is 23.7 Å². The van der Waals surface area contributed by atoms with Crippen molar-refractivity contribution in [1.29, 1.82) is 0 Å². The van der Waals surface area contributed by atoms with Crippen molar-refractivity contribution in [2.24, 2.45) is 7.05 Å². The summed E-state index contributed by atoms with van der Waals surface area (Å²) >= 11 is 6.08. The second-order valence-corrected chi connectivity index (χ2v) is 3.98. The molecule has 1 N–H and O–H groups in total. The monoisotopic (exact) mass is 236 g/mol. The van der Waals surface area contributed by atoms with Gasteiger partial charge in [0.05, 0.1) is 0 Å². The average Bonchev–Trinajstić information content (AvgIpc) is 2.64. The molecule has 16 heavy (non-hydrogen) atoms. The lowest BCUT2D eigenvalue weighted by atomic mass is 10.1. The lowest BCUT2D eigenvalue weighted by molar-refractivity contribution is 0.924. The van der Waals surface area contributed by atoms with Crippen molar-refractivity contribution in [2.75, 3.05) is 12.4 Å². The van der Waals surface area contributed by atoms with Crippen molar-refractivity contribution < 1.29 is 0 Å². The fraction of sp³-hybridized carbons (Fsp3) is 0.273. The number of hydrogen-bond donors (Lipinski definition) is 1. The molecular formula is C11H13ClN4. The maximum Gasteiger partial charge on any atom is 0.224 e. The van der Waals surface area contributed by atoms with Crippen LogP contribution >= 0.6 is 11.6 Å². The number of halogens is 1. The van der Waals surface area contributed by atoms with E-state index in [-0.39, 0.29) is 0 Å². The first-order chi connectivity index (χ1) is 7.65. The summed E-state index contributed by atoms with van der Waals surface area (Å²) in [7, 11) is 3.74. The topological polar surface area (TPSA) is 42.7 Å². The van der Waals surface area contributed by atoms with Crippen LogP contribution in [-0.4, -0.2) is 21.8 Å². The Morgan fingerprint density at radius 2 is 2.06 bits per heavy atom. The number of anilines is 1. The molecule has 0 saturated heterocycles.